The lowest BCUT2D eigenvalue weighted by Gasteiger charge is -2.14. The van der Waals surface area contributed by atoms with Gasteiger partial charge in [0.05, 0.1) is 22.1 Å². The first-order valence-corrected chi connectivity index (χ1v) is 7.94. The highest BCUT2D eigenvalue weighted by Gasteiger charge is 2.34. The Morgan fingerprint density at radius 3 is 2.43 bits per heavy atom. The van der Waals surface area contributed by atoms with Crippen molar-refractivity contribution in [3.8, 4) is 6.07 Å². The van der Waals surface area contributed by atoms with Crippen LogP contribution in [0, 0.1) is 11.3 Å². The zero-order valence-corrected chi connectivity index (χ0v) is 14.1. The molecule has 0 aliphatic heterocycles. The van der Waals surface area contributed by atoms with Gasteiger partial charge in [0.2, 0.25) is 10.0 Å². The molecule has 0 aliphatic rings. The van der Waals surface area contributed by atoms with Crippen LogP contribution in [-0.4, -0.2) is 27.5 Å². The minimum absolute atomic E-state index is 0. The molecule has 0 heterocycles. The largest absolute Gasteiger partial charge is 0.417 e. The van der Waals surface area contributed by atoms with Crippen molar-refractivity contribution in [2.45, 2.75) is 31.0 Å². The SMILES string of the molecule is CCN[C@H](C)CNS(=O)(=O)c1ccc(C(F)(F)F)c(C#N)c1.Cl. The van der Waals surface area contributed by atoms with Gasteiger partial charge >= 0.3 is 6.18 Å². The molecule has 0 fully saturated rings. The van der Waals surface area contributed by atoms with E-state index in [1.807, 2.05) is 6.92 Å². The maximum absolute atomic E-state index is 12.7. The van der Waals surface area contributed by atoms with Crippen molar-refractivity contribution in [2.75, 3.05) is 13.1 Å². The highest BCUT2D eigenvalue weighted by Crippen LogP contribution is 2.32. The number of nitrogens with zero attached hydrogens (tertiary/aromatic N) is 1. The van der Waals surface area contributed by atoms with Crippen LogP contribution in [0.15, 0.2) is 23.1 Å². The predicted molar refractivity (Wildman–Crippen MR) is 81.7 cm³/mol. The van der Waals surface area contributed by atoms with E-state index in [1.54, 1.807) is 6.92 Å². The summed E-state index contributed by atoms with van der Waals surface area (Å²) in [4.78, 5) is -0.374. The Labute approximate surface area is 139 Å². The molecule has 0 aromatic heterocycles. The molecule has 0 saturated carbocycles. The third kappa shape index (κ3) is 5.99. The molecule has 1 atom stereocenters. The van der Waals surface area contributed by atoms with Crippen LogP contribution in [0.5, 0.6) is 0 Å². The number of nitriles is 1. The number of halogens is 4. The second kappa shape index (κ2) is 8.49. The minimum Gasteiger partial charge on any atom is -0.313 e. The maximum atomic E-state index is 12.7. The molecule has 0 radical (unpaired) electrons. The Hall–Kier alpha value is -1.34. The fourth-order valence-electron chi connectivity index (χ4n) is 1.77. The number of rotatable bonds is 6. The summed E-state index contributed by atoms with van der Waals surface area (Å²) < 4.78 is 64.4. The lowest BCUT2D eigenvalue weighted by atomic mass is 10.1. The Morgan fingerprint density at radius 1 is 1.35 bits per heavy atom. The molecule has 0 unspecified atom stereocenters. The van der Waals surface area contributed by atoms with Gasteiger partial charge in [-0.2, -0.15) is 18.4 Å². The third-order valence-corrected chi connectivity index (χ3v) is 4.28. The van der Waals surface area contributed by atoms with Gasteiger partial charge in [0.1, 0.15) is 0 Å². The summed E-state index contributed by atoms with van der Waals surface area (Å²) in [5.74, 6) is 0. The highest BCUT2D eigenvalue weighted by molar-refractivity contribution is 7.89. The maximum Gasteiger partial charge on any atom is 0.417 e. The lowest BCUT2D eigenvalue weighted by Crippen LogP contribution is -2.38. The van der Waals surface area contributed by atoms with Crippen LogP contribution >= 0.6 is 12.4 Å². The van der Waals surface area contributed by atoms with E-state index in [1.165, 1.54) is 6.07 Å². The molecule has 130 valence electrons. The van der Waals surface area contributed by atoms with Gasteiger partial charge in [0.25, 0.3) is 0 Å². The van der Waals surface area contributed by atoms with Crippen molar-refractivity contribution in [2.24, 2.45) is 0 Å². The number of likely N-dealkylation sites (N-methyl/N-ethyl adjacent to an activating group) is 1. The van der Waals surface area contributed by atoms with Crippen LogP contribution in [0.3, 0.4) is 0 Å². The molecule has 0 amide bonds. The topological polar surface area (TPSA) is 82.0 Å². The van der Waals surface area contributed by atoms with E-state index < -0.39 is 27.3 Å². The molecule has 2 N–H and O–H groups in total. The summed E-state index contributed by atoms with van der Waals surface area (Å²) in [6.07, 6.45) is -4.71. The van der Waals surface area contributed by atoms with Crippen molar-refractivity contribution in [1.29, 1.82) is 5.26 Å². The molecular formula is C13H17ClF3N3O2S. The average molecular weight is 372 g/mol. The number of hydrogen-bond acceptors (Lipinski definition) is 4. The molecule has 5 nitrogen and oxygen atoms in total. The Bertz CT molecular complexity index is 672. The Balaban J connectivity index is 0.00000484. The van der Waals surface area contributed by atoms with E-state index >= 15 is 0 Å². The molecule has 0 spiro atoms. The fraction of sp³-hybridized carbons (Fsp3) is 0.462. The second-order valence-corrected chi connectivity index (χ2v) is 6.39. The zero-order chi connectivity index (χ0) is 17.0. The molecule has 1 rings (SSSR count). The number of sulfonamides is 1. The monoisotopic (exact) mass is 371 g/mol. The molecule has 23 heavy (non-hydrogen) atoms. The van der Waals surface area contributed by atoms with Gasteiger partial charge in [-0.15, -0.1) is 12.4 Å². The van der Waals surface area contributed by atoms with E-state index in [9.17, 15) is 21.6 Å². The van der Waals surface area contributed by atoms with Crippen molar-refractivity contribution in [3.63, 3.8) is 0 Å². The first-order chi connectivity index (χ1) is 10.1. The van der Waals surface area contributed by atoms with Gasteiger partial charge in [-0.25, -0.2) is 13.1 Å². The minimum atomic E-state index is -4.71. The number of benzene rings is 1. The quantitative estimate of drug-likeness (QED) is 0.803. The molecule has 1 aromatic rings. The average Bonchev–Trinajstić information content (AvgIpc) is 2.44. The van der Waals surface area contributed by atoms with Crippen LogP contribution in [0.4, 0.5) is 13.2 Å². The summed E-state index contributed by atoms with van der Waals surface area (Å²) in [5.41, 5.74) is -1.88. The summed E-state index contributed by atoms with van der Waals surface area (Å²) in [6.45, 7) is 4.36. The molecule has 1 aromatic carbocycles. The predicted octanol–water partition coefficient (Wildman–Crippen LogP) is 2.28. The molecule has 10 heteroatoms. The highest BCUT2D eigenvalue weighted by atomic mass is 35.5. The van der Waals surface area contributed by atoms with E-state index in [2.05, 4.69) is 10.0 Å². The third-order valence-electron chi connectivity index (χ3n) is 2.86. The van der Waals surface area contributed by atoms with Crippen molar-refractivity contribution in [1.82, 2.24) is 10.0 Å². The van der Waals surface area contributed by atoms with Crippen LogP contribution < -0.4 is 10.0 Å². The van der Waals surface area contributed by atoms with Gasteiger partial charge < -0.3 is 5.32 Å². The molecule has 0 bridgehead atoms. The summed E-state index contributed by atoms with van der Waals surface area (Å²) in [5, 5.41) is 11.8. The lowest BCUT2D eigenvalue weighted by molar-refractivity contribution is -0.137. The Morgan fingerprint density at radius 2 is 1.96 bits per heavy atom. The zero-order valence-electron chi connectivity index (χ0n) is 12.4. The van der Waals surface area contributed by atoms with Gasteiger partial charge in [0.15, 0.2) is 0 Å². The smallest absolute Gasteiger partial charge is 0.313 e. The number of nitrogens with one attached hydrogen (secondary N) is 2. The van der Waals surface area contributed by atoms with Crippen molar-refractivity contribution in [3.05, 3.63) is 29.3 Å². The number of hydrogen-bond donors (Lipinski definition) is 2. The fourth-order valence-corrected chi connectivity index (χ4v) is 2.93. The van der Waals surface area contributed by atoms with E-state index in [0.29, 0.717) is 12.6 Å². The first kappa shape index (κ1) is 21.7. The normalized spacial score (nSPS) is 13.0. The van der Waals surface area contributed by atoms with Crippen LogP contribution in [0.2, 0.25) is 0 Å². The number of alkyl halides is 3. The summed E-state index contributed by atoms with van der Waals surface area (Å²) in [7, 11) is -3.98. The van der Waals surface area contributed by atoms with E-state index in [-0.39, 0.29) is 29.9 Å². The first-order valence-electron chi connectivity index (χ1n) is 6.46. The molecule has 0 saturated heterocycles. The van der Waals surface area contributed by atoms with Crippen LogP contribution in [-0.2, 0) is 16.2 Å². The van der Waals surface area contributed by atoms with E-state index in [4.69, 9.17) is 5.26 Å². The Kier molecular flexibility index (Phi) is 8.00. The van der Waals surface area contributed by atoms with Crippen molar-refractivity contribution < 1.29 is 21.6 Å². The van der Waals surface area contributed by atoms with Gasteiger partial charge in [-0.1, -0.05) is 6.92 Å². The summed E-state index contributed by atoms with van der Waals surface area (Å²) in [6, 6.07) is 3.40. The van der Waals surface area contributed by atoms with Gasteiger partial charge in [-0.3, -0.25) is 0 Å². The van der Waals surface area contributed by atoms with Crippen LogP contribution in [0.1, 0.15) is 25.0 Å². The summed E-state index contributed by atoms with van der Waals surface area (Å²) >= 11 is 0. The second-order valence-electron chi connectivity index (χ2n) is 4.63. The molecular weight excluding hydrogens is 355 g/mol. The van der Waals surface area contributed by atoms with Crippen molar-refractivity contribution >= 4 is 22.4 Å². The van der Waals surface area contributed by atoms with E-state index in [0.717, 1.165) is 12.1 Å². The van der Waals surface area contributed by atoms with Crippen LogP contribution in [0.25, 0.3) is 0 Å². The van der Waals surface area contributed by atoms with Gasteiger partial charge in [-0.05, 0) is 31.7 Å². The van der Waals surface area contributed by atoms with Gasteiger partial charge in [0, 0.05) is 12.6 Å². The molecule has 0 aliphatic carbocycles. The standard InChI is InChI=1S/C13H16F3N3O2S.ClH/c1-3-18-9(2)8-19-22(20,21)11-4-5-12(13(14,15)16)10(6-11)7-17;/h4-6,9,18-19H,3,8H2,1-2H3;1H/t9-;/m1./s1.